The molecule has 1 aliphatic heterocycles. The molecule has 1 atom stereocenters. The number of halogens is 1. The molecule has 50 heavy (non-hydrogen) atoms. The van der Waals surface area contributed by atoms with Crippen LogP contribution in [0.3, 0.4) is 0 Å². The fraction of sp³-hybridized carbons (Fsp3) is 0.514. The standard InChI is InChI=1S/C35H47ClN6O8/c1-24-40-41-33-29(39-32(25-6-8-26(36)9-7-25)28-22-27(45-5)10-11-30(28)42(24)33)23-31(43)37-12-14-46-16-18-48-20-21-49-19-17-47-15-13-38-34(44)50-35(2,3)4/h6-11,22,29H,12-21,23H2,1-5H3,(H,37,43)(H,38,44)/t29-/m0/s1. The van der Waals surface area contributed by atoms with Gasteiger partial charge in [0.05, 0.1) is 77.8 Å². The van der Waals surface area contributed by atoms with Crippen molar-refractivity contribution >= 4 is 29.3 Å². The van der Waals surface area contributed by atoms with Crippen molar-refractivity contribution in [2.24, 2.45) is 4.99 Å². The zero-order chi connectivity index (χ0) is 35.9. The van der Waals surface area contributed by atoms with Gasteiger partial charge in [0.2, 0.25) is 5.91 Å². The highest BCUT2D eigenvalue weighted by Crippen LogP contribution is 2.34. The largest absolute Gasteiger partial charge is 0.497 e. The van der Waals surface area contributed by atoms with E-state index in [0.717, 1.165) is 16.8 Å². The smallest absolute Gasteiger partial charge is 0.407 e. The molecule has 1 aliphatic rings. The van der Waals surface area contributed by atoms with Crippen molar-refractivity contribution in [1.82, 2.24) is 25.4 Å². The van der Waals surface area contributed by atoms with Gasteiger partial charge >= 0.3 is 6.09 Å². The molecule has 1 aromatic heterocycles. The molecule has 3 aromatic rings. The van der Waals surface area contributed by atoms with Crippen LogP contribution in [0.4, 0.5) is 4.79 Å². The number of carbonyl (C=O) groups is 2. The molecule has 0 bridgehead atoms. The number of alkyl carbamates (subject to hydrolysis) is 1. The van der Waals surface area contributed by atoms with Gasteiger partial charge in [-0.25, -0.2) is 4.79 Å². The van der Waals surface area contributed by atoms with Crippen LogP contribution >= 0.6 is 11.6 Å². The summed E-state index contributed by atoms with van der Waals surface area (Å²) in [5, 5.41) is 14.9. The lowest BCUT2D eigenvalue weighted by molar-refractivity contribution is -0.121. The third-order valence-corrected chi connectivity index (χ3v) is 7.48. The maximum Gasteiger partial charge on any atom is 0.407 e. The number of fused-ring (bicyclic) bond motifs is 3. The number of nitrogens with one attached hydrogen (secondary N) is 2. The number of amides is 2. The summed E-state index contributed by atoms with van der Waals surface area (Å²) >= 11 is 6.19. The first-order valence-corrected chi connectivity index (χ1v) is 16.9. The summed E-state index contributed by atoms with van der Waals surface area (Å²) < 4.78 is 34.7. The lowest BCUT2D eigenvalue weighted by atomic mass is 10.00. The van der Waals surface area contributed by atoms with Crippen LogP contribution in [0.1, 0.15) is 56.0 Å². The van der Waals surface area contributed by atoms with Crippen LogP contribution in [-0.4, -0.2) is 111 Å². The Hall–Kier alpha value is -4.08. The molecule has 2 N–H and O–H groups in total. The van der Waals surface area contributed by atoms with E-state index in [1.54, 1.807) is 7.11 Å². The zero-order valence-electron chi connectivity index (χ0n) is 29.3. The molecule has 2 aromatic carbocycles. The lowest BCUT2D eigenvalue weighted by Crippen LogP contribution is -2.34. The number of hydrogen-bond acceptors (Lipinski definition) is 11. The van der Waals surface area contributed by atoms with Crippen molar-refractivity contribution in [1.29, 1.82) is 0 Å². The predicted octanol–water partition coefficient (Wildman–Crippen LogP) is 4.23. The fourth-order valence-electron chi connectivity index (χ4n) is 4.99. The fourth-order valence-corrected chi connectivity index (χ4v) is 5.11. The molecule has 2 amide bonds. The number of aliphatic imine (C=N–C) groups is 1. The number of aryl methyl sites for hydroxylation is 1. The second-order valence-electron chi connectivity index (χ2n) is 12.3. The Balaban J connectivity index is 1.14. The van der Waals surface area contributed by atoms with Gasteiger partial charge in [-0.15, -0.1) is 10.2 Å². The van der Waals surface area contributed by atoms with E-state index in [-0.39, 0.29) is 12.3 Å². The highest BCUT2D eigenvalue weighted by atomic mass is 35.5. The third-order valence-electron chi connectivity index (χ3n) is 7.23. The Morgan fingerprint density at radius 3 is 2.04 bits per heavy atom. The minimum Gasteiger partial charge on any atom is -0.497 e. The van der Waals surface area contributed by atoms with E-state index in [9.17, 15) is 9.59 Å². The first-order valence-electron chi connectivity index (χ1n) is 16.5. The first kappa shape index (κ1) is 38.7. The van der Waals surface area contributed by atoms with Crippen LogP contribution in [0, 0.1) is 6.92 Å². The van der Waals surface area contributed by atoms with Crippen LogP contribution in [0.2, 0.25) is 5.02 Å². The van der Waals surface area contributed by atoms with E-state index in [2.05, 4.69) is 20.8 Å². The van der Waals surface area contributed by atoms with Gasteiger partial charge in [-0.3, -0.25) is 14.4 Å². The summed E-state index contributed by atoms with van der Waals surface area (Å²) in [6.07, 6.45) is -0.401. The number of hydrogen-bond donors (Lipinski definition) is 2. The molecule has 0 spiro atoms. The molecule has 0 aliphatic carbocycles. The Bertz CT molecular complexity index is 1570. The summed E-state index contributed by atoms with van der Waals surface area (Å²) in [7, 11) is 1.62. The number of nitrogens with zero attached hydrogens (tertiary/aromatic N) is 4. The number of benzene rings is 2. The van der Waals surface area contributed by atoms with Crippen molar-refractivity contribution in [2.75, 3.05) is 73.1 Å². The Labute approximate surface area is 297 Å². The van der Waals surface area contributed by atoms with Crippen LogP contribution in [0.25, 0.3) is 5.69 Å². The monoisotopic (exact) mass is 714 g/mol. The van der Waals surface area contributed by atoms with Crippen LogP contribution < -0.4 is 15.4 Å². The Morgan fingerprint density at radius 1 is 0.840 bits per heavy atom. The van der Waals surface area contributed by atoms with E-state index in [4.69, 9.17) is 45.0 Å². The molecule has 272 valence electrons. The van der Waals surface area contributed by atoms with Gasteiger partial charge in [-0.2, -0.15) is 0 Å². The number of carbonyl (C=O) groups excluding carboxylic acids is 2. The SMILES string of the molecule is COc1ccc2c(c1)C(c1ccc(Cl)cc1)=N[C@@H](CC(=O)NCCOCCOCCOCCOCCNC(=O)OC(C)(C)C)c1nnc(C)n1-2. The quantitative estimate of drug-likeness (QED) is 0.172. The molecule has 0 saturated heterocycles. The molecule has 0 unspecified atom stereocenters. The van der Waals surface area contributed by atoms with Crippen molar-refractivity contribution < 1.29 is 38.0 Å². The summed E-state index contributed by atoms with van der Waals surface area (Å²) in [5.74, 6) is 1.75. The lowest BCUT2D eigenvalue weighted by Gasteiger charge is -2.19. The van der Waals surface area contributed by atoms with Crippen LogP contribution in [0.15, 0.2) is 47.5 Å². The van der Waals surface area contributed by atoms with Crippen molar-refractivity contribution in [3.05, 3.63) is 70.3 Å². The molecule has 15 heteroatoms. The van der Waals surface area contributed by atoms with Crippen LogP contribution in [0.5, 0.6) is 5.75 Å². The van der Waals surface area contributed by atoms with E-state index in [1.807, 2.05) is 74.7 Å². The summed E-state index contributed by atoms with van der Waals surface area (Å²) in [6.45, 7) is 11.1. The molecule has 0 fully saturated rings. The first-order chi connectivity index (χ1) is 24.1. The van der Waals surface area contributed by atoms with Gasteiger partial charge < -0.3 is 39.1 Å². The van der Waals surface area contributed by atoms with Crippen molar-refractivity contribution in [3.8, 4) is 11.4 Å². The minimum absolute atomic E-state index is 0.0669. The number of ether oxygens (including phenoxy) is 6. The molecule has 14 nitrogen and oxygen atoms in total. The number of methoxy groups -OCH3 is 1. The average Bonchev–Trinajstić information content (AvgIpc) is 3.40. The van der Waals surface area contributed by atoms with Gasteiger partial charge in [0, 0.05) is 29.2 Å². The second kappa shape index (κ2) is 19.3. The topological polar surface area (TPSA) is 157 Å². The minimum atomic E-state index is -0.593. The van der Waals surface area contributed by atoms with Crippen molar-refractivity contribution in [2.45, 2.75) is 45.8 Å². The van der Waals surface area contributed by atoms with E-state index in [0.29, 0.717) is 94.1 Å². The Kier molecular flexibility index (Phi) is 15.0. The van der Waals surface area contributed by atoms with E-state index < -0.39 is 17.7 Å². The average molecular weight is 715 g/mol. The maximum absolute atomic E-state index is 13.1. The highest BCUT2D eigenvalue weighted by molar-refractivity contribution is 6.30. The van der Waals surface area contributed by atoms with Gasteiger partial charge in [0.1, 0.15) is 23.2 Å². The zero-order valence-corrected chi connectivity index (χ0v) is 30.1. The second-order valence-corrected chi connectivity index (χ2v) is 12.7. The van der Waals surface area contributed by atoms with Gasteiger partial charge in [-0.1, -0.05) is 23.7 Å². The predicted molar refractivity (Wildman–Crippen MR) is 188 cm³/mol. The highest BCUT2D eigenvalue weighted by Gasteiger charge is 2.30. The summed E-state index contributed by atoms with van der Waals surface area (Å²) in [5.41, 5.74) is 2.69. The summed E-state index contributed by atoms with van der Waals surface area (Å²) in [4.78, 5) is 29.7. The number of rotatable bonds is 19. The molecular weight excluding hydrogens is 668 g/mol. The van der Waals surface area contributed by atoms with Gasteiger partial charge in [0.15, 0.2) is 5.82 Å². The van der Waals surface area contributed by atoms with Crippen LogP contribution in [-0.2, 0) is 28.5 Å². The molecule has 0 radical (unpaired) electrons. The maximum atomic E-state index is 13.1. The number of aromatic nitrogens is 3. The van der Waals surface area contributed by atoms with Gasteiger partial charge in [-0.05, 0) is 58.0 Å². The summed E-state index contributed by atoms with van der Waals surface area (Å²) in [6, 6.07) is 12.6. The third kappa shape index (κ3) is 12.1. The molecule has 0 saturated carbocycles. The van der Waals surface area contributed by atoms with Crippen molar-refractivity contribution in [3.63, 3.8) is 0 Å². The van der Waals surface area contributed by atoms with E-state index in [1.165, 1.54) is 0 Å². The molecular formula is C35H47ClN6O8. The normalized spacial score (nSPS) is 13.9. The van der Waals surface area contributed by atoms with Gasteiger partial charge in [0.25, 0.3) is 0 Å². The van der Waals surface area contributed by atoms with E-state index >= 15 is 0 Å². The Morgan fingerprint density at radius 2 is 1.44 bits per heavy atom. The molecule has 4 rings (SSSR count). The molecule has 2 heterocycles.